The standard InChI is InChI=1S/C15H23N3O2S/c1-11(2)18-8-6-13(19)16-15(18)21-10-14(20)17-7-4-5-12(3)9-17/h6,8,11-12H,4-5,7,9-10H2,1-3H3. The molecule has 5 nitrogen and oxygen atoms in total. The Morgan fingerprint density at radius 1 is 1.52 bits per heavy atom. The highest BCUT2D eigenvalue weighted by molar-refractivity contribution is 7.99. The van der Waals surface area contributed by atoms with Gasteiger partial charge in [0.1, 0.15) is 0 Å². The SMILES string of the molecule is CC1CCCN(C(=O)CSc2nc(=O)ccn2C(C)C)C1. The van der Waals surface area contributed by atoms with Gasteiger partial charge in [0, 0.05) is 31.4 Å². The molecule has 116 valence electrons. The molecule has 1 aromatic heterocycles. The molecule has 1 atom stereocenters. The number of hydrogen-bond donors (Lipinski definition) is 0. The van der Waals surface area contributed by atoms with E-state index in [1.165, 1.54) is 24.2 Å². The van der Waals surface area contributed by atoms with Crippen molar-refractivity contribution in [1.82, 2.24) is 14.5 Å². The summed E-state index contributed by atoms with van der Waals surface area (Å²) in [5.41, 5.74) is -0.256. The Labute approximate surface area is 129 Å². The minimum Gasteiger partial charge on any atom is -0.342 e. The first-order valence-electron chi connectivity index (χ1n) is 7.47. The highest BCUT2D eigenvalue weighted by atomic mass is 32.2. The Bertz CT molecular complexity index is 556. The number of likely N-dealkylation sites (tertiary alicyclic amines) is 1. The molecule has 2 heterocycles. The molecule has 21 heavy (non-hydrogen) atoms. The van der Waals surface area contributed by atoms with Crippen LogP contribution in [0.5, 0.6) is 0 Å². The van der Waals surface area contributed by atoms with Gasteiger partial charge in [-0.25, -0.2) is 0 Å². The summed E-state index contributed by atoms with van der Waals surface area (Å²) in [6.07, 6.45) is 4.03. The third-order valence-corrected chi connectivity index (χ3v) is 4.65. The molecule has 0 saturated carbocycles. The Morgan fingerprint density at radius 3 is 2.95 bits per heavy atom. The van der Waals surface area contributed by atoms with E-state index in [1.807, 2.05) is 23.3 Å². The maximum atomic E-state index is 12.3. The number of hydrogen-bond acceptors (Lipinski definition) is 4. The first-order chi connectivity index (χ1) is 9.97. The van der Waals surface area contributed by atoms with Crippen LogP contribution in [0.3, 0.4) is 0 Å². The summed E-state index contributed by atoms with van der Waals surface area (Å²) < 4.78 is 1.93. The van der Waals surface area contributed by atoms with Crippen molar-refractivity contribution in [1.29, 1.82) is 0 Å². The zero-order valence-electron chi connectivity index (χ0n) is 12.9. The fourth-order valence-corrected chi connectivity index (χ4v) is 3.54. The van der Waals surface area contributed by atoms with E-state index < -0.39 is 0 Å². The highest BCUT2D eigenvalue weighted by Crippen LogP contribution is 2.20. The summed E-state index contributed by atoms with van der Waals surface area (Å²) in [4.78, 5) is 29.7. The quantitative estimate of drug-likeness (QED) is 0.632. The molecule has 0 bridgehead atoms. The molecule has 1 saturated heterocycles. The van der Waals surface area contributed by atoms with Gasteiger partial charge in [0.25, 0.3) is 5.56 Å². The highest BCUT2D eigenvalue weighted by Gasteiger charge is 2.21. The van der Waals surface area contributed by atoms with Crippen molar-refractivity contribution < 1.29 is 4.79 Å². The topological polar surface area (TPSA) is 55.2 Å². The minimum atomic E-state index is -0.256. The van der Waals surface area contributed by atoms with Crippen molar-refractivity contribution in [2.75, 3.05) is 18.8 Å². The Morgan fingerprint density at radius 2 is 2.29 bits per heavy atom. The van der Waals surface area contributed by atoms with Crippen molar-refractivity contribution in [3.05, 3.63) is 22.6 Å². The van der Waals surface area contributed by atoms with Crippen molar-refractivity contribution in [3.63, 3.8) is 0 Å². The summed E-state index contributed by atoms with van der Waals surface area (Å²) in [5.74, 6) is 1.06. The molecule has 0 radical (unpaired) electrons. The number of rotatable bonds is 4. The number of thioether (sulfide) groups is 1. The van der Waals surface area contributed by atoms with Crippen molar-refractivity contribution >= 4 is 17.7 Å². The van der Waals surface area contributed by atoms with Crippen molar-refractivity contribution in [3.8, 4) is 0 Å². The van der Waals surface area contributed by atoms with Gasteiger partial charge in [-0.3, -0.25) is 9.59 Å². The molecule has 1 aromatic rings. The van der Waals surface area contributed by atoms with E-state index in [9.17, 15) is 9.59 Å². The van der Waals surface area contributed by atoms with Gasteiger partial charge in [-0.15, -0.1) is 0 Å². The molecular weight excluding hydrogens is 286 g/mol. The first-order valence-corrected chi connectivity index (χ1v) is 8.45. The Balaban J connectivity index is 2.00. The van der Waals surface area contributed by atoms with Crippen LogP contribution in [0.4, 0.5) is 0 Å². The molecule has 0 aromatic carbocycles. The third kappa shape index (κ3) is 4.33. The van der Waals surface area contributed by atoms with Crippen LogP contribution in [0.2, 0.25) is 0 Å². The molecule has 1 aliphatic heterocycles. The van der Waals surface area contributed by atoms with Crippen molar-refractivity contribution in [2.24, 2.45) is 5.92 Å². The predicted octanol–water partition coefficient (Wildman–Crippen LogP) is 2.17. The van der Waals surface area contributed by atoms with Crippen LogP contribution in [0.15, 0.2) is 22.2 Å². The summed E-state index contributed by atoms with van der Waals surface area (Å²) >= 11 is 1.35. The van der Waals surface area contributed by atoms with E-state index >= 15 is 0 Å². The molecule has 0 N–H and O–H groups in total. The number of carbonyl (C=O) groups excluding carboxylic acids is 1. The second-order valence-corrected chi connectivity index (χ2v) is 6.87. The van der Waals surface area contributed by atoms with Gasteiger partial charge in [0.15, 0.2) is 5.16 Å². The Kier molecular flexibility index (Phi) is 5.45. The number of carbonyl (C=O) groups is 1. The monoisotopic (exact) mass is 309 g/mol. The second kappa shape index (κ2) is 7.11. The molecule has 0 spiro atoms. The lowest BCUT2D eigenvalue weighted by Crippen LogP contribution is -2.40. The van der Waals surface area contributed by atoms with Crippen LogP contribution in [0.1, 0.15) is 39.7 Å². The van der Waals surface area contributed by atoms with Crippen molar-refractivity contribution in [2.45, 2.75) is 44.8 Å². The maximum absolute atomic E-state index is 12.3. The van der Waals surface area contributed by atoms with E-state index in [0.717, 1.165) is 19.5 Å². The zero-order valence-corrected chi connectivity index (χ0v) is 13.7. The number of amides is 1. The van der Waals surface area contributed by atoms with Gasteiger partial charge in [0.05, 0.1) is 5.75 Å². The van der Waals surface area contributed by atoms with Crippen LogP contribution < -0.4 is 5.56 Å². The lowest BCUT2D eigenvalue weighted by atomic mass is 10.0. The van der Waals surface area contributed by atoms with Gasteiger partial charge < -0.3 is 9.47 Å². The van der Waals surface area contributed by atoms with Gasteiger partial charge >= 0.3 is 0 Å². The smallest absolute Gasteiger partial charge is 0.273 e. The van der Waals surface area contributed by atoms with E-state index in [2.05, 4.69) is 11.9 Å². The normalized spacial score (nSPS) is 19.0. The van der Waals surface area contributed by atoms with E-state index in [1.54, 1.807) is 6.20 Å². The summed E-state index contributed by atoms with van der Waals surface area (Å²) in [6.45, 7) is 7.94. The summed E-state index contributed by atoms with van der Waals surface area (Å²) in [7, 11) is 0. The van der Waals surface area contributed by atoms with Crippen LogP contribution in [0.25, 0.3) is 0 Å². The minimum absolute atomic E-state index is 0.139. The molecule has 1 aliphatic rings. The largest absolute Gasteiger partial charge is 0.342 e. The average molecular weight is 309 g/mol. The van der Waals surface area contributed by atoms with Crippen LogP contribution in [-0.2, 0) is 4.79 Å². The van der Waals surface area contributed by atoms with E-state index in [4.69, 9.17) is 0 Å². The number of nitrogens with zero attached hydrogens (tertiary/aromatic N) is 3. The molecule has 2 rings (SSSR count). The maximum Gasteiger partial charge on any atom is 0.273 e. The third-order valence-electron chi connectivity index (χ3n) is 3.70. The average Bonchev–Trinajstić information content (AvgIpc) is 2.44. The number of aromatic nitrogens is 2. The number of piperidine rings is 1. The molecule has 0 aliphatic carbocycles. The molecule has 6 heteroatoms. The summed E-state index contributed by atoms with van der Waals surface area (Å²) in [6, 6.07) is 1.67. The fourth-order valence-electron chi connectivity index (χ4n) is 2.53. The van der Waals surface area contributed by atoms with Crippen LogP contribution >= 0.6 is 11.8 Å². The Hall–Kier alpha value is -1.30. The lowest BCUT2D eigenvalue weighted by Gasteiger charge is -2.30. The first kappa shape index (κ1) is 16.1. The van der Waals surface area contributed by atoms with E-state index in [-0.39, 0.29) is 17.5 Å². The van der Waals surface area contributed by atoms with Crippen LogP contribution in [0, 0.1) is 5.92 Å². The molecular formula is C15H23N3O2S. The molecule has 1 amide bonds. The molecule has 1 unspecified atom stereocenters. The van der Waals surface area contributed by atoms with Gasteiger partial charge in [-0.2, -0.15) is 4.98 Å². The van der Waals surface area contributed by atoms with Gasteiger partial charge in [-0.1, -0.05) is 18.7 Å². The van der Waals surface area contributed by atoms with Gasteiger partial charge in [-0.05, 0) is 32.6 Å². The van der Waals surface area contributed by atoms with Crippen LogP contribution in [-0.4, -0.2) is 39.2 Å². The second-order valence-electron chi connectivity index (χ2n) is 5.93. The zero-order chi connectivity index (χ0) is 15.4. The van der Waals surface area contributed by atoms with E-state index in [0.29, 0.717) is 16.8 Å². The predicted molar refractivity (Wildman–Crippen MR) is 84.6 cm³/mol. The summed E-state index contributed by atoms with van der Waals surface area (Å²) in [5, 5.41) is 0.621. The fraction of sp³-hybridized carbons (Fsp3) is 0.667. The lowest BCUT2D eigenvalue weighted by molar-refractivity contribution is -0.130. The molecule has 1 fully saturated rings. The van der Waals surface area contributed by atoms with Gasteiger partial charge in [0.2, 0.25) is 5.91 Å².